The first kappa shape index (κ1) is 11.2. The fraction of sp³-hybridized carbons (Fsp3) is 0.545. The quantitative estimate of drug-likeness (QED) is 0.695. The van der Waals surface area contributed by atoms with Gasteiger partial charge in [-0.3, -0.25) is 9.78 Å². The molecule has 0 saturated heterocycles. The SMILES string of the molecule is Nc1nc2c(ncn2[C@H]2CCC[C@@H]2CO)c(=O)[nH]1. The number of aromatic nitrogens is 4. The van der Waals surface area contributed by atoms with Crippen molar-refractivity contribution < 1.29 is 5.11 Å². The molecule has 7 nitrogen and oxygen atoms in total. The maximum atomic E-state index is 11.7. The molecular formula is C11H15N5O2. The molecule has 0 spiro atoms. The number of aromatic amines is 1. The summed E-state index contributed by atoms with van der Waals surface area (Å²) in [6, 6.07) is 0.147. The average Bonchev–Trinajstić information content (AvgIpc) is 2.93. The second-order valence-corrected chi connectivity index (χ2v) is 4.72. The molecule has 1 aliphatic carbocycles. The van der Waals surface area contributed by atoms with Crippen LogP contribution in [0.4, 0.5) is 5.95 Å². The third kappa shape index (κ3) is 1.59. The Morgan fingerprint density at radius 2 is 2.39 bits per heavy atom. The van der Waals surface area contributed by atoms with E-state index in [1.54, 1.807) is 6.33 Å². The molecule has 1 fully saturated rings. The summed E-state index contributed by atoms with van der Waals surface area (Å²) in [7, 11) is 0. The summed E-state index contributed by atoms with van der Waals surface area (Å²) in [6.45, 7) is 0.142. The summed E-state index contributed by atoms with van der Waals surface area (Å²) in [4.78, 5) is 22.3. The van der Waals surface area contributed by atoms with Crippen molar-refractivity contribution in [1.82, 2.24) is 19.5 Å². The molecule has 0 aliphatic heterocycles. The van der Waals surface area contributed by atoms with Gasteiger partial charge >= 0.3 is 0 Å². The average molecular weight is 249 g/mol. The first-order valence-electron chi connectivity index (χ1n) is 6.04. The van der Waals surface area contributed by atoms with Gasteiger partial charge in [-0.1, -0.05) is 6.42 Å². The zero-order valence-corrected chi connectivity index (χ0v) is 9.83. The molecule has 0 unspecified atom stereocenters. The first-order chi connectivity index (χ1) is 8.70. The lowest BCUT2D eigenvalue weighted by Gasteiger charge is -2.19. The normalized spacial score (nSPS) is 23.8. The van der Waals surface area contributed by atoms with E-state index in [-0.39, 0.29) is 30.1 Å². The molecule has 0 radical (unpaired) electrons. The van der Waals surface area contributed by atoms with Crippen LogP contribution in [0.25, 0.3) is 11.2 Å². The largest absolute Gasteiger partial charge is 0.396 e. The predicted octanol–water partition coefficient (Wildman–Crippen LogP) is 0.0353. The van der Waals surface area contributed by atoms with E-state index in [9.17, 15) is 9.90 Å². The Labute approximate surface area is 103 Å². The lowest BCUT2D eigenvalue weighted by atomic mass is 10.1. The van der Waals surface area contributed by atoms with E-state index in [2.05, 4.69) is 15.0 Å². The van der Waals surface area contributed by atoms with Crippen molar-refractivity contribution in [3.05, 3.63) is 16.7 Å². The van der Waals surface area contributed by atoms with Crippen LogP contribution in [0.15, 0.2) is 11.1 Å². The highest BCUT2D eigenvalue weighted by Crippen LogP contribution is 2.36. The molecule has 2 aromatic rings. The summed E-state index contributed by atoms with van der Waals surface area (Å²) in [5.74, 6) is 0.289. The fourth-order valence-electron chi connectivity index (χ4n) is 2.78. The Morgan fingerprint density at radius 1 is 1.56 bits per heavy atom. The van der Waals surface area contributed by atoms with Gasteiger partial charge in [-0.2, -0.15) is 4.98 Å². The third-order valence-electron chi connectivity index (χ3n) is 3.66. The van der Waals surface area contributed by atoms with Gasteiger partial charge in [-0.25, -0.2) is 4.98 Å². The van der Waals surface area contributed by atoms with Gasteiger partial charge in [0.05, 0.1) is 6.33 Å². The molecule has 0 amide bonds. The van der Waals surface area contributed by atoms with Gasteiger partial charge in [0.2, 0.25) is 5.95 Å². The van der Waals surface area contributed by atoms with Gasteiger partial charge in [-0.05, 0) is 12.8 Å². The van der Waals surface area contributed by atoms with Gasteiger partial charge in [0, 0.05) is 18.6 Å². The van der Waals surface area contributed by atoms with Crippen molar-refractivity contribution in [2.24, 2.45) is 5.92 Å². The number of hydrogen-bond acceptors (Lipinski definition) is 5. The topological polar surface area (TPSA) is 110 Å². The van der Waals surface area contributed by atoms with Crippen LogP contribution < -0.4 is 11.3 Å². The maximum Gasteiger partial charge on any atom is 0.280 e. The highest BCUT2D eigenvalue weighted by molar-refractivity contribution is 5.70. The second kappa shape index (κ2) is 4.09. The number of hydrogen-bond donors (Lipinski definition) is 3. The third-order valence-corrected chi connectivity index (χ3v) is 3.66. The predicted molar refractivity (Wildman–Crippen MR) is 66.0 cm³/mol. The smallest absolute Gasteiger partial charge is 0.280 e. The van der Waals surface area contributed by atoms with Crippen molar-refractivity contribution in [2.75, 3.05) is 12.3 Å². The minimum Gasteiger partial charge on any atom is -0.396 e. The molecule has 2 atom stereocenters. The van der Waals surface area contributed by atoms with Crippen LogP contribution in [0.3, 0.4) is 0 Å². The van der Waals surface area contributed by atoms with Crippen LogP contribution in [-0.2, 0) is 0 Å². The van der Waals surface area contributed by atoms with Gasteiger partial charge in [-0.15, -0.1) is 0 Å². The summed E-state index contributed by atoms with van der Waals surface area (Å²) in [5, 5.41) is 9.37. The number of nitrogens with zero attached hydrogens (tertiary/aromatic N) is 3. The van der Waals surface area contributed by atoms with Gasteiger partial charge in [0.1, 0.15) is 0 Å². The van der Waals surface area contributed by atoms with Crippen molar-refractivity contribution in [3.8, 4) is 0 Å². The lowest BCUT2D eigenvalue weighted by Crippen LogP contribution is -2.18. The molecule has 0 bridgehead atoms. The molecule has 2 heterocycles. The van der Waals surface area contributed by atoms with Crippen molar-refractivity contribution in [2.45, 2.75) is 25.3 Å². The summed E-state index contributed by atoms with van der Waals surface area (Å²) < 4.78 is 1.87. The minimum atomic E-state index is -0.324. The van der Waals surface area contributed by atoms with Crippen LogP contribution in [0.5, 0.6) is 0 Å². The molecular weight excluding hydrogens is 234 g/mol. The van der Waals surface area contributed by atoms with E-state index in [1.807, 2.05) is 4.57 Å². The molecule has 1 aliphatic rings. The molecule has 7 heteroatoms. The highest BCUT2D eigenvalue weighted by atomic mass is 16.3. The highest BCUT2D eigenvalue weighted by Gasteiger charge is 2.29. The van der Waals surface area contributed by atoms with Gasteiger partial charge in [0.15, 0.2) is 11.2 Å². The van der Waals surface area contributed by atoms with Crippen LogP contribution in [0, 0.1) is 5.92 Å². The summed E-state index contributed by atoms with van der Waals surface area (Å²) in [5.41, 5.74) is 6.04. The zero-order chi connectivity index (χ0) is 12.7. The Morgan fingerprint density at radius 3 is 3.17 bits per heavy atom. The van der Waals surface area contributed by atoms with Crippen LogP contribution in [0.1, 0.15) is 25.3 Å². The zero-order valence-electron chi connectivity index (χ0n) is 9.83. The minimum absolute atomic E-state index is 0.0906. The Kier molecular flexibility index (Phi) is 2.55. The number of fused-ring (bicyclic) bond motifs is 1. The number of aliphatic hydroxyl groups excluding tert-OH is 1. The number of nitrogens with two attached hydrogens (primary N) is 1. The second-order valence-electron chi connectivity index (χ2n) is 4.72. The standard InChI is InChI=1S/C11H15N5O2/c12-11-14-9-8(10(18)15-11)13-5-16(9)7-3-1-2-6(7)4-17/h5-7,17H,1-4H2,(H3,12,14,15,18)/t6-,7+/m1/s1. The Balaban J connectivity index is 2.15. The van der Waals surface area contributed by atoms with Crippen molar-refractivity contribution in [1.29, 1.82) is 0 Å². The van der Waals surface area contributed by atoms with E-state index >= 15 is 0 Å². The monoisotopic (exact) mass is 249 g/mol. The number of imidazole rings is 1. The number of rotatable bonds is 2. The fourth-order valence-corrected chi connectivity index (χ4v) is 2.78. The van der Waals surface area contributed by atoms with Gasteiger partial charge < -0.3 is 15.4 Å². The van der Waals surface area contributed by atoms with E-state index in [4.69, 9.17) is 5.73 Å². The van der Waals surface area contributed by atoms with Crippen LogP contribution in [-0.4, -0.2) is 31.2 Å². The van der Waals surface area contributed by atoms with Crippen molar-refractivity contribution in [3.63, 3.8) is 0 Å². The van der Waals surface area contributed by atoms with E-state index < -0.39 is 0 Å². The Bertz CT molecular complexity index is 632. The van der Waals surface area contributed by atoms with E-state index in [0.717, 1.165) is 19.3 Å². The molecule has 4 N–H and O–H groups in total. The molecule has 96 valence electrons. The van der Waals surface area contributed by atoms with E-state index in [1.165, 1.54) is 0 Å². The van der Waals surface area contributed by atoms with Gasteiger partial charge in [0.25, 0.3) is 5.56 Å². The van der Waals surface area contributed by atoms with E-state index in [0.29, 0.717) is 11.2 Å². The number of nitrogens with one attached hydrogen (secondary N) is 1. The molecule has 18 heavy (non-hydrogen) atoms. The molecule has 2 aromatic heterocycles. The lowest BCUT2D eigenvalue weighted by molar-refractivity contribution is 0.197. The molecule has 0 aromatic carbocycles. The van der Waals surface area contributed by atoms with Crippen molar-refractivity contribution >= 4 is 17.1 Å². The van der Waals surface area contributed by atoms with Crippen LogP contribution >= 0.6 is 0 Å². The maximum absolute atomic E-state index is 11.7. The number of nitrogen functional groups attached to an aromatic ring is 1. The summed E-state index contributed by atoms with van der Waals surface area (Å²) >= 11 is 0. The number of anilines is 1. The molecule has 3 rings (SSSR count). The van der Waals surface area contributed by atoms with Crippen LogP contribution in [0.2, 0.25) is 0 Å². The first-order valence-corrected chi connectivity index (χ1v) is 6.04. The molecule has 1 saturated carbocycles. The number of aliphatic hydroxyl groups is 1. The number of H-pyrrole nitrogens is 1. The Hall–Kier alpha value is -1.89. The summed E-state index contributed by atoms with van der Waals surface area (Å²) in [6.07, 6.45) is 4.63.